The molecule has 1 saturated heterocycles. The van der Waals surface area contributed by atoms with E-state index < -0.39 is 9.84 Å². The summed E-state index contributed by atoms with van der Waals surface area (Å²) in [4.78, 5) is 4.74. The molecule has 136 valence electrons. The molecule has 0 unspecified atom stereocenters. The lowest BCUT2D eigenvalue weighted by Gasteiger charge is -2.23. The second kappa shape index (κ2) is 6.48. The molecule has 5 nitrogen and oxygen atoms in total. The first-order chi connectivity index (χ1) is 12.4. The molecule has 1 aliphatic rings. The van der Waals surface area contributed by atoms with Crippen molar-refractivity contribution in [2.75, 3.05) is 19.3 Å². The molecule has 3 heterocycles. The second-order valence-corrected chi connectivity index (χ2v) is 8.77. The Morgan fingerprint density at radius 3 is 2.46 bits per heavy atom. The van der Waals surface area contributed by atoms with Gasteiger partial charge < -0.3 is 5.32 Å². The number of halogens is 1. The highest BCUT2D eigenvalue weighted by atomic mass is 32.2. The van der Waals surface area contributed by atoms with E-state index >= 15 is 4.39 Å². The van der Waals surface area contributed by atoms with E-state index in [0.29, 0.717) is 11.3 Å². The number of imidazole rings is 1. The van der Waals surface area contributed by atoms with Crippen molar-refractivity contribution in [1.82, 2.24) is 14.7 Å². The van der Waals surface area contributed by atoms with Crippen LogP contribution in [0.25, 0.3) is 16.9 Å². The van der Waals surface area contributed by atoms with Gasteiger partial charge in [-0.1, -0.05) is 18.2 Å². The van der Waals surface area contributed by atoms with Crippen LogP contribution in [0.3, 0.4) is 0 Å². The first-order valence-electron chi connectivity index (χ1n) is 8.62. The van der Waals surface area contributed by atoms with Gasteiger partial charge in [-0.3, -0.25) is 4.40 Å². The highest BCUT2D eigenvalue weighted by Gasteiger charge is 2.21. The summed E-state index contributed by atoms with van der Waals surface area (Å²) in [5.41, 5.74) is 2.65. The Hall–Kier alpha value is -2.25. The number of pyridine rings is 1. The Kier molecular flexibility index (Phi) is 4.28. The molecular weight excluding hydrogens is 353 g/mol. The number of fused-ring (bicyclic) bond motifs is 1. The lowest BCUT2D eigenvalue weighted by molar-refractivity contribution is 0.436. The van der Waals surface area contributed by atoms with Gasteiger partial charge in [-0.25, -0.2) is 13.4 Å². The number of sulfone groups is 1. The summed E-state index contributed by atoms with van der Waals surface area (Å²) in [5.74, 6) is -0.0403. The molecule has 0 spiro atoms. The van der Waals surface area contributed by atoms with Crippen LogP contribution in [0.2, 0.25) is 0 Å². The van der Waals surface area contributed by atoms with Crippen LogP contribution in [0.1, 0.15) is 24.3 Å². The fraction of sp³-hybridized carbons (Fsp3) is 0.316. The summed E-state index contributed by atoms with van der Waals surface area (Å²) >= 11 is 0. The Labute approximate surface area is 151 Å². The molecule has 0 aliphatic carbocycles. The van der Waals surface area contributed by atoms with E-state index in [2.05, 4.69) is 10.3 Å². The quantitative estimate of drug-likeness (QED) is 0.717. The lowest BCUT2D eigenvalue weighted by atomic mass is 9.91. The molecule has 1 fully saturated rings. The van der Waals surface area contributed by atoms with Gasteiger partial charge in [0.2, 0.25) is 5.95 Å². The number of nitrogens with zero attached hydrogens (tertiary/aromatic N) is 2. The molecule has 3 aromatic rings. The Morgan fingerprint density at radius 1 is 1.12 bits per heavy atom. The first kappa shape index (κ1) is 17.2. The third kappa shape index (κ3) is 3.12. The zero-order chi connectivity index (χ0) is 18.3. The molecule has 2 aromatic heterocycles. The Morgan fingerprint density at radius 2 is 1.81 bits per heavy atom. The van der Waals surface area contributed by atoms with Gasteiger partial charge in [0.15, 0.2) is 9.84 Å². The van der Waals surface area contributed by atoms with Gasteiger partial charge in [-0.05, 0) is 50.0 Å². The Bertz CT molecular complexity index is 1050. The van der Waals surface area contributed by atoms with Gasteiger partial charge in [0.05, 0.1) is 10.6 Å². The number of nitrogens with one attached hydrogen (secondary N) is 1. The summed E-state index contributed by atoms with van der Waals surface area (Å²) in [6.07, 6.45) is 4.70. The minimum absolute atomic E-state index is 0.223. The maximum Gasteiger partial charge on any atom is 0.202 e. The van der Waals surface area contributed by atoms with Crippen molar-refractivity contribution in [1.29, 1.82) is 0 Å². The zero-order valence-electron chi connectivity index (χ0n) is 14.4. The van der Waals surface area contributed by atoms with E-state index in [9.17, 15) is 8.42 Å². The molecule has 26 heavy (non-hydrogen) atoms. The van der Waals surface area contributed by atoms with Crippen LogP contribution >= 0.6 is 0 Å². The predicted molar refractivity (Wildman–Crippen MR) is 98.5 cm³/mol. The molecule has 1 aliphatic heterocycles. The Balaban J connectivity index is 1.72. The monoisotopic (exact) mass is 373 g/mol. The highest BCUT2D eigenvalue weighted by molar-refractivity contribution is 7.90. The van der Waals surface area contributed by atoms with Crippen molar-refractivity contribution >= 4 is 15.5 Å². The van der Waals surface area contributed by atoms with Crippen LogP contribution < -0.4 is 5.32 Å². The molecule has 0 amide bonds. The molecule has 0 radical (unpaired) electrons. The van der Waals surface area contributed by atoms with Crippen LogP contribution in [-0.4, -0.2) is 37.1 Å². The maximum atomic E-state index is 15.0. The zero-order valence-corrected chi connectivity index (χ0v) is 15.3. The number of rotatable bonds is 3. The first-order valence-corrected chi connectivity index (χ1v) is 10.5. The number of benzene rings is 1. The van der Waals surface area contributed by atoms with Gasteiger partial charge in [0, 0.05) is 23.6 Å². The molecule has 4 rings (SSSR count). The normalized spacial score (nSPS) is 16.2. The fourth-order valence-corrected chi connectivity index (χ4v) is 4.12. The SMILES string of the molecule is CS(=O)(=O)c1ccc(-c2cn3c(F)c(C4CCNCC4)ccc3n2)cc1. The molecule has 0 atom stereocenters. The summed E-state index contributed by atoms with van der Waals surface area (Å²) < 4.78 is 39.7. The molecule has 1 N–H and O–H groups in total. The average Bonchev–Trinajstić information content (AvgIpc) is 3.07. The van der Waals surface area contributed by atoms with E-state index in [1.54, 1.807) is 30.5 Å². The number of hydrogen-bond acceptors (Lipinski definition) is 4. The average molecular weight is 373 g/mol. The van der Waals surface area contributed by atoms with Crippen molar-refractivity contribution in [2.45, 2.75) is 23.7 Å². The molecule has 1 aromatic carbocycles. The van der Waals surface area contributed by atoms with Gasteiger partial charge in [-0.2, -0.15) is 4.39 Å². The van der Waals surface area contributed by atoms with E-state index in [0.717, 1.165) is 37.1 Å². The van der Waals surface area contributed by atoms with Crippen LogP contribution in [-0.2, 0) is 9.84 Å². The van der Waals surface area contributed by atoms with Crippen molar-refractivity contribution in [3.63, 3.8) is 0 Å². The van der Waals surface area contributed by atoms with Gasteiger partial charge in [0.25, 0.3) is 0 Å². The third-order valence-corrected chi connectivity index (χ3v) is 6.08. The number of hydrogen-bond donors (Lipinski definition) is 1. The summed E-state index contributed by atoms with van der Waals surface area (Å²) in [7, 11) is -3.24. The van der Waals surface area contributed by atoms with Crippen molar-refractivity contribution in [3.8, 4) is 11.3 Å². The smallest absolute Gasteiger partial charge is 0.202 e. The van der Waals surface area contributed by atoms with E-state index in [-0.39, 0.29) is 16.8 Å². The van der Waals surface area contributed by atoms with Crippen molar-refractivity contribution in [2.24, 2.45) is 0 Å². The van der Waals surface area contributed by atoms with E-state index in [4.69, 9.17) is 0 Å². The van der Waals surface area contributed by atoms with Crippen LogP contribution in [0.4, 0.5) is 4.39 Å². The van der Waals surface area contributed by atoms with Crippen molar-refractivity contribution in [3.05, 3.63) is 54.1 Å². The van der Waals surface area contributed by atoms with Crippen molar-refractivity contribution < 1.29 is 12.8 Å². The van der Waals surface area contributed by atoms with Crippen LogP contribution in [0.15, 0.2) is 47.5 Å². The lowest BCUT2D eigenvalue weighted by Crippen LogP contribution is -2.27. The molecular formula is C19H20FN3O2S. The van der Waals surface area contributed by atoms with E-state index in [1.165, 1.54) is 10.7 Å². The summed E-state index contributed by atoms with van der Waals surface area (Å²) in [6.45, 7) is 1.81. The highest BCUT2D eigenvalue weighted by Crippen LogP contribution is 2.29. The standard InChI is InChI=1S/C19H20FN3O2S/c1-26(24,25)15-4-2-14(3-5-15)17-12-23-18(22-17)7-6-16(19(23)20)13-8-10-21-11-9-13/h2-7,12-13,21H,8-11H2,1H3. The van der Waals surface area contributed by atoms with Gasteiger partial charge >= 0.3 is 0 Å². The number of piperidine rings is 1. The van der Waals surface area contributed by atoms with Crippen LogP contribution in [0.5, 0.6) is 0 Å². The predicted octanol–water partition coefficient (Wildman–Crippen LogP) is 3.01. The maximum absolute atomic E-state index is 15.0. The third-order valence-electron chi connectivity index (χ3n) is 4.95. The minimum atomic E-state index is -3.24. The summed E-state index contributed by atoms with van der Waals surface area (Å²) in [5, 5.41) is 3.30. The van der Waals surface area contributed by atoms with Gasteiger partial charge in [-0.15, -0.1) is 0 Å². The van der Waals surface area contributed by atoms with E-state index in [1.807, 2.05) is 12.1 Å². The molecule has 7 heteroatoms. The molecule has 0 saturated carbocycles. The minimum Gasteiger partial charge on any atom is -0.317 e. The largest absolute Gasteiger partial charge is 0.317 e. The van der Waals surface area contributed by atoms with Crippen LogP contribution in [0, 0.1) is 5.95 Å². The second-order valence-electron chi connectivity index (χ2n) is 6.75. The fourth-order valence-electron chi connectivity index (χ4n) is 3.49. The number of aromatic nitrogens is 2. The topological polar surface area (TPSA) is 63.5 Å². The molecule has 0 bridgehead atoms. The summed E-state index contributed by atoms with van der Waals surface area (Å²) in [6, 6.07) is 10.2. The van der Waals surface area contributed by atoms with Gasteiger partial charge in [0.1, 0.15) is 5.65 Å².